The predicted molar refractivity (Wildman–Crippen MR) is 30.1 cm³/mol. The van der Waals surface area contributed by atoms with Crippen LogP contribution in [0.4, 0.5) is 0 Å². The van der Waals surface area contributed by atoms with Gasteiger partial charge in [-0.2, -0.15) is 0 Å². The SMILES string of the molecule is COC(C(=O)O)C(C)O. The summed E-state index contributed by atoms with van der Waals surface area (Å²) in [6, 6.07) is 0. The van der Waals surface area contributed by atoms with Crippen LogP contribution in [0.25, 0.3) is 0 Å². The van der Waals surface area contributed by atoms with Crippen molar-refractivity contribution in [2.45, 2.75) is 19.1 Å². The molecule has 2 atom stereocenters. The van der Waals surface area contributed by atoms with Crippen molar-refractivity contribution in [2.75, 3.05) is 7.11 Å². The molecule has 9 heavy (non-hydrogen) atoms. The summed E-state index contributed by atoms with van der Waals surface area (Å²) in [7, 11) is 1.24. The third kappa shape index (κ3) is 2.43. The molecule has 0 bridgehead atoms. The fourth-order valence-electron chi connectivity index (χ4n) is 0.504. The molecule has 0 aromatic carbocycles. The first-order valence-corrected chi connectivity index (χ1v) is 2.53. The molecule has 0 heterocycles. The summed E-state index contributed by atoms with van der Waals surface area (Å²) in [5.41, 5.74) is 0. The standard InChI is InChI=1S/C5H10O4/c1-3(6)4(9-2)5(7)8/h3-4,6H,1-2H3,(H,7,8). The second kappa shape index (κ2) is 3.42. The van der Waals surface area contributed by atoms with Gasteiger partial charge in [-0.3, -0.25) is 0 Å². The Hall–Kier alpha value is -0.610. The van der Waals surface area contributed by atoms with Crippen molar-refractivity contribution < 1.29 is 19.7 Å². The van der Waals surface area contributed by atoms with E-state index >= 15 is 0 Å². The number of aliphatic hydroxyl groups excluding tert-OH is 1. The molecule has 0 aliphatic rings. The molecule has 0 aromatic heterocycles. The average Bonchev–Trinajstić information content (AvgIpc) is 1.64. The Morgan fingerprint density at radius 2 is 2.11 bits per heavy atom. The van der Waals surface area contributed by atoms with Gasteiger partial charge in [0.2, 0.25) is 0 Å². The lowest BCUT2D eigenvalue weighted by atomic mass is 10.2. The van der Waals surface area contributed by atoms with Crippen LogP contribution < -0.4 is 0 Å². The number of ether oxygens (including phenoxy) is 1. The van der Waals surface area contributed by atoms with Crippen LogP contribution >= 0.6 is 0 Å². The van der Waals surface area contributed by atoms with E-state index in [0.29, 0.717) is 0 Å². The number of hydrogen-bond acceptors (Lipinski definition) is 3. The summed E-state index contributed by atoms with van der Waals surface area (Å²) >= 11 is 0. The van der Waals surface area contributed by atoms with Crippen LogP contribution in [0.15, 0.2) is 0 Å². The van der Waals surface area contributed by atoms with Crippen molar-refractivity contribution in [3.63, 3.8) is 0 Å². The van der Waals surface area contributed by atoms with Crippen LogP contribution in [-0.2, 0) is 9.53 Å². The first-order chi connectivity index (χ1) is 4.09. The highest BCUT2D eigenvalue weighted by Crippen LogP contribution is 1.95. The van der Waals surface area contributed by atoms with Gasteiger partial charge in [-0.1, -0.05) is 0 Å². The number of aliphatic carboxylic acids is 1. The maximum absolute atomic E-state index is 10.1. The number of carboxylic acid groups (broad SMARTS) is 1. The van der Waals surface area contributed by atoms with Gasteiger partial charge in [-0.25, -0.2) is 4.79 Å². The van der Waals surface area contributed by atoms with Gasteiger partial charge < -0.3 is 14.9 Å². The molecule has 0 aromatic rings. The number of aliphatic hydroxyl groups is 1. The zero-order valence-electron chi connectivity index (χ0n) is 5.37. The van der Waals surface area contributed by atoms with Crippen LogP contribution in [0.3, 0.4) is 0 Å². The number of carboxylic acids is 1. The Labute approximate surface area is 53.1 Å². The summed E-state index contributed by atoms with van der Waals surface area (Å²) in [6.07, 6.45) is -2.07. The van der Waals surface area contributed by atoms with Gasteiger partial charge in [0.1, 0.15) is 0 Å². The fourth-order valence-corrected chi connectivity index (χ4v) is 0.504. The highest BCUT2D eigenvalue weighted by atomic mass is 16.5. The maximum atomic E-state index is 10.1. The molecule has 2 unspecified atom stereocenters. The van der Waals surface area contributed by atoms with Crippen LogP contribution in [0, 0.1) is 0 Å². The molecule has 0 fully saturated rings. The summed E-state index contributed by atoms with van der Waals surface area (Å²) in [4.78, 5) is 10.1. The molecule has 4 nitrogen and oxygen atoms in total. The molecule has 0 aliphatic heterocycles. The van der Waals surface area contributed by atoms with E-state index in [4.69, 9.17) is 10.2 Å². The Bertz CT molecular complexity index is 99.1. The molecule has 0 rings (SSSR count). The molecule has 0 saturated carbocycles. The van der Waals surface area contributed by atoms with Crippen molar-refractivity contribution in [3.8, 4) is 0 Å². The van der Waals surface area contributed by atoms with Gasteiger partial charge in [-0.05, 0) is 6.92 Å². The van der Waals surface area contributed by atoms with Crippen molar-refractivity contribution in [2.24, 2.45) is 0 Å². The zero-order chi connectivity index (χ0) is 7.44. The number of rotatable bonds is 3. The summed E-state index contributed by atoms with van der Waals surface area (Å²) in [5, 5.41) is 16.9. The van der Waals surface area contributed by atoms with Crippen LogP contribution in [0.5, 0.6) is 0 Å². The largest absolute Gasteiger partial charge is 0.479 e. The Morgan fingerprint density at radius 3 is 2.11 bits per heavy atom. The average molecular weight is 134 g/mol. The van der Waals surface area contributed by atoms with Crippen LogP contribution in [-0.4, -0.2) is 35.5 Å². The molecule has 0 spiro atoms. The zero-order valence-corrected chi connectivity index (χ0v) is 5.37. The normalized spacial score (nSPS) is 16.8. The fraction of sp³-hybridized carbons (Fsp3) is 0.800. The lowest BCUT2D eigenvalue weighted by Gasteiger charge is -2.11. The molecule has 0 aliphatic carbocycles. The number of carbonyl (C=O) groups is 1. The van der Waals surface area contributed by atoms with E-state index in [1.165, 1.54) is 14.0 Å². The second-order valence-electron chi connectivity index (χ2n) is 1.74. The van der Waals surface area contributed by atoms with E-state index in [1.54, 1.807) is 0 Å². The highest BCUT2D eigenvalue weighted by molar-refractivity contribution is 5.72. The van der Waals surface area contributed by atoms with E-state index in [2.05, 4.69) is 4.74 Å². The Kier molecular flexibility index (Phi) is 3.19. The lowest BCUT2D eigenvalue weighted by molar-refractivity contribution is -0.154. The van der Waals surface area contributed by atoms with Gasteiger partial charge in [0.05, 0.1) is 6.10 Å². The molecule has 0 radical (unpaired) electrons. The third-order valence-electron chi connectivity index (χ3n) is 0.935. The van der Waals surface area contributed by atoms with Crippen molar-refractivity contribution in [3.05, 3.63) is 0 Å². The van der Waals surface area contributed by atoms with E-state index < -0.39 is 18.2 Å². The van der Waals surface area contributed by atoms with Crippen LogP contribution in [0.2, 0.25) is 0 Å². The van der Waals surface area contributed by atoms with E-state index in [-0.39, 0.29) is 0 Å². The molecule has 4 heteroatoms. The van der Waals surface area contributed by atoms with Crippen LogP contribution in [0.1, 0.15) is 6.92 Å². The maximum Gasteiger partial charge on any atom is 0.335 e. The summed E-state index contributed by atoms with van der Waals surface area (Å²) < 4.78 is 4.42. The molecule has 0 amide bonds. The molecular formula is C5H10O4. The minimum atomic E-state index is -1.15. The minimum absolute atomic E-state index is 0.965. The van der Waals surface area contributed by atoms with Gasteiger partial charge >= 0.3 is 5.97 Å². The molecule has 54 valence electrons. The van der Waals surface area contributed by atoms with Crippen molar-refractivity contribution >= 4 is 5.97 Å². The smallest absolute Gasteiger partial charge is 0.335 e. The van der Waals surface area contributed by atoms with E-state index in [1.807, 2.05) is 0 Å². The lowest BCUT2D eigenvalue weighted by Crippen LogP contribution is -2.33. The van der Waals surface area contributed by atoms with E-state index in [0.717, 1.165) is 0 Å². The van der Waals surface area contributed by atoms with Gasteiger partial charge in [-0.15, -0.1) is 0 Å². The first-order valence-electron chi connectivity index (χ1n) is 2.53. The summed E-state index contributed by atoms with van der Waals surface area (Å²) in [5.74, 6) is -1.15. The topological polar surface area (TPSA) is 66.8 Å². The van der Waals surface area contributed by atoms with E-state index in [9.17, 15) is 4.79 Å². The second-order valence-corrected chi connectivity index (χ2v) is 1.74. The molecule has 2 N–H and O–H groups in total. The monoisotopic (exact) mass is 134 g/mol. The first kappa shape index (κ1) is 8.39. The third-order valence-corrected chi connectivity index (χ3v) is 0.935. The number of hydrogen-bond donors (Lipinski definition) is 2. The van der Waals surface area contributed by atoms with Gasteiger partial charge in [0.25, 0.3) is 0 Å². The minimum Gasteiger partial charge on any atom is -0.479 e. The number of methoxy groups -OCH3 is 1. The predicted octanol–water partition coefficient (Wildman–Crippen LogP) is -0.533. The Balaban J connectivity index is 3.83. The van der Waals surface area contributed by atoms with Crippen molar-refractivity contribution in [1.29, 1.82) is 0 Å². The highest BCUT2D eigenvalue weighted by Gasteiger charge is 2.21. The Morgan fingerprint density at radius 1 is 1.67 bits per heavy atom. The van der Waals surface area contributed by atoms with Gasteiger partial charge in [0.15, 0.2) is 6.10 Å². The van der Waals surface area contributed by atoms with Crippen molar-refractivity contribution in [1.82, 2.24) is 0 Å². The summed E-state index contributed by atoms with van der Waals surface area (Å²) in [6.45, 7) is 1.36. The van der Waals surface area contributed by atoms with Gasteiger partial charge in [0, 0.05) is 7.11 Å². The molecular weight excluding hydrogens is 124 g/mol. The quantitative estimate of drug-likeness (QED) is 0.544. The molecule has 0 saturated heterocycles.